The highest BCUT2D eigenvalue weighted by molar-refractivity contribution is 6.46. The first-order chi connectivity index (χ1) is 34.2. The van der Waals surface area contributed by atoms with Gasteiger partial charge in [0.1, 0.15) is 11.4 Å². The Morgan fingerprint density at radius 3 is 1.21 bits per heavy atom. The van der Waals surface area contributed by atoms with Crippen LogP contribution in [0.4, 0.5) is 22.7 Å². The van der Waals surface area contributed by atoms with Gasteiger partial charge in [0.05, 0.1) is 62.3 Å². The van der Waals surface area contributed by atoms with Gasteiger partial charge in [-0.2, -0.15) is 0 Å². The van der Waals surface area contributed by atoms with Crippen LogP contribution in [0.25, 0.3) is 0 Å². The fraction of sp³-hybridized carbons (Fsp3) is 0.535. The van der Waals surface area contributed by atoms with Gasteiger partial charge in [-0.25, -0.2) is 0 Å². The summed E-state index contributed by atoms with van der Waals surface area (Å²) in [6.07, 6.45) is 0. The maximum Gasteiger partial charge on any atom is 0.374 e. The lowest BCUT2D eigenvalue weighted by molar-refractivity contribution is -0.384. The number of nitro groups is 2. The number of nitro benzene ring substituents is 2. The number of carboxylic acids is 1. The predicted octanol–water partition coefficient (Wildman–Crippen LogP) is -1.79. The molecule has 76 heavy (non-hydrogen) atoms. The maximum absolute atomic E-state index is 12.3. The van der Waals surface area contributed by atoms with Gasteiger partial charge in [-0.05, 0) is 88.6 Å². The lowest BCUT2D eigenvalue weighted by Gasteiger charge is -2.25. The van der Waals surface area contributed by atoms with E-state index in [1.54, 1.807) is 76.8 Å². The number of benzene rings is 2. The van der Waals surface area contributed by atoms with E-state index in [0.717, 1.165) is 23.1 Å². The van der Waals surface area contributed by atoms with Crippen molar-refractivity contribution in [2.75, 3.05) is 88.5 Å². The van der Waals surface area contributed by atoms with Crippen molar-refractivity contribution in [1.29, 1.82) is 0 Å². The van der Waals surface area contributed by atoms with E-state index in [-0.39, 0.29) is 99.3 Å². The Labute approximate surface area is 449 Å². The van der Waals surface area contributed by atoms with Gasteiger partial charge in [0.15, 0.2) is 0 Å². The van der Waals surface area contributed by atoms with Gasteiger partial charge in [0.25, 0.3) is 35.0 Å². The van der Waals surface area contributed by atoms with Gasteiger partial charge in [-0.3, -0.25) is 68.8 Å². The molecule has 2 aliphatic heterocycles. The molecule has 0 saturated carbocycles. The summed E-state index contributed by atoms with van der Waals surface area (Å²) in [4.78, 5) is 117. The van der Waals surface area contributed by atoms with Crippen LogP contribution >= 0.6 is 12.4 Å². The Balaban J connectivity index is -0.000000421. The summed E-state index contributed by atoms with van der Waals surface area (Å²) in [7, 11) is 16.1. The van der Waals surface area contributed by atoms with Crippen molar-refractivity contribution in [2.24, 2.45) is 11.5 Å². The molecule has 15 N–H and O–H groups in total. The quantitative estimate of drug-likeness (QED) is 0.0347. The number of aliphatic carboxylic acids is 1. The van der Waals surface area contributed by atoms with Gasteiger partial charge >= 0.3 is 20.1 Å². The largest absolute Gasteiger partial charge is 0.480 e. The number of carboxylic acid groups (broad SMARTS) is 1. The van der Waals surface area contributed by atoms with Gasteiger partial charge in [-0.15, -0.1) is 12.4 Å². The molecule has 2 aromatic carbocycles. The van der Waals surface area contributed by atoms with Crippen LogP contribution in [0.2, 0.25) is 13.6 Å². The Bertz CT molecular complexity index is 2260. The van der Waals surface area contributed by atoms with E-state index in [9.17, 15) is 58.6 Å². The average molecular weight is 1100 g/mol. The number of hydrogen-bond acceptors (Lipinski definition) is 22. The zero-order valence-corrected chi connectivity index (χ0v) is 47.0. The number of halogens is 1. The van der Waals surface area contributed by atoms with Crippen molar-refractivity contribution in [3.63, 3.8) is 0 Å². The van der Waals surface area contributed by atoms with E-state index in [1.165, 1.54) is 34.5 Å². The van der Waals surface area contributed by atoms with Crippen LogP contribution in [-0.2, 0) is 19.2 Å². The van der Waals surface area contributed by atoms with Gasteiger partial charge in [0.2, 0.25) is 17.7 Å². The lowest BCUT2D eigenvalue weighted by Crippen LogP contribution is -2.47. The number of rotatable bonds is 13. The maximum atomic E-state index is 12.3. The lowest BCUT2D eigenvalue weighted by atomic mass is 9.87. The molecule has 5 atom stereocenters. The zero-order chi connectivity index (χ0) is 59.7. The minimum atomic E-state index is -0.962. The summed E-state index contributed by atoms with van der Waals surface area (Å²) >= 11 is 0. The number of likely N-dealkylation sites (N-methyl/N-ethyl adjacent to an activating group) is 4. The number of amides is 7. The van der Waals surface area contributed by atoms with Crippen LogP contribution in [0.15, 0.2) is 24.3 Å². The molecule has 2 aliphatic rings. The fourth-order valence-corrected chi connectivity index (χ4v) is 5.92. The molecule has 0 fully saturated rings. The third-order valence-electron chi connectivity index (χ3n) is 9.24. The standard InChI is InChI=1S/C13H16N4O4.C8H5N3O4.C6H15BN2O2.2C5H12N2O.C4H10BNO3.C2H7N.ClH/c1-7(6-15(2)3)16-12(18)8-4-10(14)11(17(20)21)5-9(8)13(16)19;9-5-1-3-4(2-6(5)11(14)15)8(13)10-7(3)12;1-5(8-7(2)11)6(10)9(3)4;2*1-4(6)5(8)7(2)3;1-3(4(7)8)6-5(2)9;1-3-2;/h4-5,7H,6,14H2,1-3H3;1-2H,9H2,(H,10,12,13);5,8,11H,1-4H3;2*4H,6H2,1-3H3;3,6,9H,1-2H3,(H,7,8);3H,1-2H3;1H/t7-;;5-;2*4-;3-;;/m0.0000../s1. The van der Waals surface area contributed by atoms with Gasteiger partial charge in [0, 0.05) is 61.0 Å². The minimum absolute atomic E-state index is 0. The SMILES string of the molecule is CB(O)N[C@@H](C)C(=O)N(C)C.CB(O)N[C@@H](C)C(=O)O.CNC.C[C@@H](CN(C)C)N1C(=O)c2cc(N)c([N+](=O)[O-])cc2C1=O.C[C@H](N)C(=O)N(C)C.C[C@H](N)C(=O)N(C)C.Cl.Nc1cc2c(cc1[N+](=O)[O-])C(=O)NC2=O. The molecule has 7 amide bonds. The molecular formula is C43H78B2ClN15O15. The van der Waals surface area contributed by atoms with Crippen molar-refractivity contribution in [3.05, 3.63) is 66.7 Å². The predicted molar refractivity (Wildman–Crippen MR) is 291 cm³/mol. The Hall–Kier alpha value is -6.90. The number of carbonyl (C=O) groups excluding carboxylic acids is 7. The number of hydrogen-bond donors (Lipinski definition) is 11. The number of fused-ring (bicyclic) bond motifs is 2. The molecule has 30 nitrogen and oxygen atoms in total. The van der Waals surface area contributed by atoms with Crippen LogP contribution in [-0.4, -0.2) is 218 Å². The van der Waals surface area contributed by atoms with Crippen LogP contribution in [0.5, 0.6) is 0 Å². The summed E-state index contributed by atoms with van der Waals surface area (Å²) in [5.41, 5.74) is 20.6. The first kappa shape index (κ1) is 75.6. The fourth-order valence-electron chi connectivity index (χ4n) is 5.92. The van der Waals surface area contributed by atoms with Crippen molar-refractivity contribution >= 4 is 96.6 Å². The second-order valence-corrected chi connectivity index (χ2v) is 17.5. The highest BCUT2D eigenvalue weighted by Gasteiger charge is 2.40. The first-order valence-electron chi connectivity index (χ1n) is 22.6. The molecule has 0 radical (unpaired) electrons. The number of anilines is 2. The molecule has 2 aromatic rings. The second kappa shape index (κ2) is 36.1. The van der Waals surface area contributed by atoms with E-state index in [2.05, 4.69) is 15.8 Å². The summed E-state index contributed by atoms with van der Waals surface area (Å²) in [6.45, 7) is 11.8. The molecule has 4 rings (SSSR count). The third-order valence-corrected chi connectivity index (χ3v) is 9.24. The molecular weight excluding hydrogens is 1020 g/mol. The van der Waals surface area contributed by atoms with Crippen LogP contribution in [0, 0.1) is 20.2 Å². The highest BCUT2D eigenvalue weighted by Crippen LogP contribution is 2.33. The molecule has 2 heterocycles. The van der Waals surface area contributed by atoms with E-state index in [4.69, 9.17) is 38.1 Å². The van der Waals surface area contributed by atoms with Crippen LogP contribution in [0.3, 0.4) is 0 Å². The molecule has 0 unspecified atom stereocenters. The summed E-state index contributed by atoms with van der Waals surface area (Å²) < 4.78 is 0. The normalized spacial score (nSPS) is 13.3. The van der Waals surface area contributed by atoms with Crippen molar-refractivity contribution in [2.45, 2.75) is 78.5 Å². The number of imide groups is 2. The van der Waals surface area contributed by atoms with Crippen LogP contribution in [0.1, 0.15) is 76.1 Å². The average Bonchev–Trinajstić information content (AvgIpc) is 3.69. The first-order valence-corrected chi connectivity index (χ1v) is 22.6. The Kier molecular flexibility index (Phi) is 36.0. The van der Waals surface area contributed by atoms with Crippen molar-refractivity contribution < 1.29 is 63.4 Å². The molecule has 0 aromatic heterocycles. The van der Waals surface area contributed by atoms with Crippen molar-refractivity contribution in [3.8, 4) is 0 Å². The molecule has 0 bridgehead atoms. The number of nitrogens with one attached hydrogen (secondary N) is 4. The number of nitrogens with two attached hydrogens (primary N) is 4. The molecule has 33 heteroatoms. The number of carbonyl (C=O) groups is 8. The second-order valence-electron chi connectivity index (χ2n) is 17.5. The number of nitrogens with zero attached hydrogens (tertiary/aromatic N) is 7. The van der Waals surface area contributed by atoms with E-state index in [0.29, 0.717) is 6.54 Å². The minimum Gasteiger partial charge on any atom is -0.480 e. The molecule has 428 valence electrons. The third kappa shape index (κ3) is 26.5. The molecule has 0 aliphatic carbocycles. The molecule has 0 saturated heterocycles. The van der Waals surface area contributed by atoms with E-state index in [1.807, 2.05) is 38.4 Å². The van der Waals surface area contributed by atoms with Crippen molar-refractivity contribution in [1.82, 2.24) is 45.6 Å². The summed E-state index contributed by atoms with van der Waals surface area (Å²) in [5, 5.41) is 57.0. The van der Waals surface area contributed by atoms with Crippen LogP contribution < -0.4 is 44.0 Å². The van der Waals surface area contributed by atoms with E-state index >= 15 is 0 Å². The Morgan fingerprint density at radius 2 is 0.947 bits per heavy atom. The smallest absolute Gasteiger partial charge is 0.374 e. The number of nitrogen functional groups attached to an aromatic ring is 2. The summed E-state index contributed by atoms with van der Waals surface area (Å²) in [6, 6.07) is 2.32. The van der Waals surface area contributed by atoms with E-state index < -0.39 is 59.6 Å². The Morgan fingerprint density at radius 1 is 0.645 bits per heavy atom. The van der Waals surface area contributed by atoms with Gasteiger partial charge < -0.3 is 73.5 Å². The van der Waals surface area contributed by atoms with Gasteiger partial charge in [-0.1, -0.05) is 0 Å². The monoisotopic (exact) mass is 1100 g/mol. The topological polar surface area (TPSA) is 452 Å². The summed E-state index contributed by atoms with van der Waals surface area (Å²) in [5.74, 6) is -3.29. The molecule has 0 spiro atoms. The zero-order valence-electron chi connectivity index (χ0n) is 46.1. The highest BCUT2D eigenvalue weighted by atomic mass is 35.5.